The molecule has 9 heteroatoms. The Morgan fingerprint density at radius 1 is 0.970 bits per heavy atom. The van der Waals surface area contributed by atoms with E-state index in [0.717, 1.165) is 37.2 Å². The zero-order chi connectivity index (χ0) is 22.9. The number of nitrogens with zero attached hydrogens (tertiary/aromatic N) is 5. The summed E-state index contributed by atoms with van der Waals surface area (Å²) in [5.41, 5.74) is 16.5. The molecule has 0 atom stereocenters. The lowest BCUT2D eigenvalue weighted by molar-refractivity contribution is 0.500. The zero-order valence-electron chi connectivity index (χ0n) is 18.4. The summed E-state index contributed by atoms with van der Waals surface area (Å²) in [6.07, 6.45) is 6.81. The van der Waals surface area contributed by atoms with Gasteiger partial charge in [0.15, 0.2) is 0 Å². The lowest BCUT2D eigenvalue weighted by Crippen LogP contribution is -2.40. The predicted octanol–water partition coefficient (Wildman–Crippen LogP) is 2.74. The van der Waals surface area contributed by atoms with E-state index in [4.69, 9.17) is 11.5 Å². The van der Waals surface area contributed by atoms with Crippen LogP contribution < -0.4 is 27.2 Å². The molecule has 0 radical (unpaired) electrons. The van der Waals surface area contributed by atoms with Gasteiger partial charge in [0.1, 0.15) is 17.2 Å². The van der Waals surface area contributed by atoms with E-state index in [1.165, 1.54) is 6.20 Å². The molecule has 4 heterocycles. The summed E-state index contributed by atoms with van der Waals surface area (Å²) >= 11 is 0. The van der Waals surface area contributed by atoms with Crippen LogP contribution >= 0.6 is 0 Å². The molecule has 33 heavy (non-hydrogen) atoms. The number of aryl methyl sites for hydroxylation is 1. The van der Waals surface area contributed by atoms with Gasteiger partial charge in [0.2, 0.25) is 0 Å². The van der Waals surface area contributed by atoms with Crippen molar-refractivity contribution in [2.24, 2.45) is 5.73 Å². The van der Waals surface area contributed by atoms with E-state index in [9.17, 15) is 4.79 Å². The fourth-order valence-corrected chi connectivity index (χ4v) is 4.20. The van der Waals surface area contributed by atoms with E-state index < -0.39 is 0 Å². The normalized spacial score (nSPS) is 14.5. The van der Waals surface area contributed by atoms with Gasteiger partial charge in [-0.25, -0.2) is 15.0 Å². The number of nitrogen functional groups attached to an aromatic ring is 1. The Balaban J connectivity index is 1.46. The first-order valence-corrected chi connectivity index (χ1v) is 11.0. The fraction of sp³-hybridized carbons (Fsp3) is 0.250. The fourth-order valence-electron chi connectivity index (χ4n) is 4.20. The minimum absolute atomic E-state index is 0.232. The molecule has 5 rings (SSSR count). The van der Waals surface area contributed by atoms with Gasteiger partial charge in [0.25, 0.3) is 5.56 Å². The molecule has 0 amide bonds. The Morgan fingerprint density at radius 2 is 1.67 bits per heavy atom. The predicted molar refractivity (Wildman–Crippen MR) is 131 cm³/mol. The van der Waals surface area contributed by atoms with Crippen LogP contribution in [0.3, 0.4) is 0 Å². The minimum Gasteiger partial charge on any atom is -0.399 e. The van der Waals surface area contributed by atoms with Crippen molar-refractivity contribution < 1.29 is 0 Å². The van der Waals surface area contributed by atoms with Gasteiger partial charge in [-0.15, -0.1) is 0 Å². The first-order valence-electron chi connectivity index (χ1n) is 11.0. The molecule has 3 aromatic heterocycles. The first-order chi connectivity index (χ1) is 16.0. The van der Waals surface area contributed by atoms with Gasteiger partial charge in [-0.1, -0.05) is 0 Å². The third kappa shape index (κ3) is 4.22. The molecule has 0 spiro atoms. The Kier molecular flexibility index (Phi) is 5.39. The lowest BCUT2D eigenvalue weighted by Gasteiger charge is -2.32. The van der Waals surface area contributed by atoms with Crippen molar-refractivity contribution in [2.75, 3.05) is 29.0 Å². The highest BCUT2D eigenvalue weighted by Gasteiger charge is 2.18. The number of hydrogen-bond donors (Lipinski definition) is 3. The van der Waals surface area contributed by atoms with E-state index in [-0.39, 0.29) is 11.6 Å². The topological polar surface area (TPSA) is 128 Å². The van der Waals surface area contributed by atoms with Crippen LogP contribution in [0.15, 0.2) is 59.8 Å². The molecule has 9 nitrogen and oxygen atoms in total. The first kappa shape index (κ1) is 20.9. The van der Waals surface area contributed by atoms with Gasteiger partial charge in [0, 0.05) is 36.6 Å². The van der Waals surface area contributed by atoms with Crippen molar-refractivity contribution in [3.63, 3.8) is 0 Å². The van der Waals surface area contributed by atoms with Crippen LogP contribution in [-0.4, -0.2) is 38.7 Å². The van der Waals surface area contributed by atoms with E-state index in [1.54, 1.807) is 41.1 Å². The molecular weight excluding hydrogens is 416 g/mol. The number of nitrogens with two attached hydrogens (primary N) is 2. The number of fused-ring (bicyclic) bond motifs is 1. The molecule has 1 aliphatic heterocycles. The molecule has 4 aromatic rings. The Bertz CT molecular complexity index is 1360. The summed E-state index contributed by atoms with van der Waals surface area (Å²) in [7, 11) is 0. The molecule has 0 saturated carbocycles. The summed E-state index contributed by atoms with van der Waals surface area (Å²) in [6.45, 7) is 3.96. The Morgan fingerprint density at radius 3 is 2.39 bits per heavy atom. The van der Waals surface area contributed by atoms with Crippen molar-refractivity contribution in [3.05, 3.63) is 70.9 Å². The highest BCUT2D eigenvalue weighted by Crippen LogP contribution is 2.26. The number of anilines is 4. The minimum atomic E-state index is -0.232. The van der Waals surface area contributed by atoms with Crippen LogP contribution in [0.2, 0.25) is 0 Å². The van der Waals surface area contributed by atoms with E-state index >= 15 is 0 Å². The SMILES string of the molecule is Cc1cc(Nc2cc3c(cn2)ncc(=O)n3-c2ccc(N)cc2)ncc1N1CCC(N)CC1. The number of nitrogens with one attached hydrogen (secondary N) is 1. The van der Waals surface area contributed by atoms with Crippen molar-refractivity contribution in [1.29, 1.82) is 0 Å². The third-order valence-corrected chi connectivity index (χ3v) is 6.01. The smallest absolute Gasteiger partial charge is 0.274 e. The van der Waals surface area contributed by atoms with E-state index in [2.05, 4.69) is 32.1 Å². The van der Waals surface area contributed by atoms with Gasteiger partial charge in [-0.3, -0.25) is 9.36 Å². The largest absolute Gasteiger partial charge is 0.399 e. The molecular formula is C24H26N8O. The van der Waals surface area contributed by atoms with Crippen molar-refractivity contribution in [1.82, 2.24) is 19.5 Å². The zero-order valence-corrected chi connectivity index (χ0v) is 18.4. The monoisotopic (exact) mass is 442 g/mol. The second-order valence-electron chi connectivity index (χ2n) is 8.39. The maximum absolute atomic E-state index is 12.6. The summed E-state index contributed by atoms with van der Waals surface area (Å²) < 4.78 is 1.59. The maximum atomic E-state index is 12.6. The average molecular weight is 443 g/mol. The van der Waals surface area contributed by atoms with Crippen molar-refractivity contribution >= 4 is 34.0 Å². The van der Waals surface area contributed by atoms with Crippen LogP contribution in [0, 0.1) is 6.92 Å². The summed E-state index contributed by atoms with van der Waals surface area (Å²) in [5.74, 6) is 1.25. The lowest BCUT2D eigenvalue weighted by atomic mass is 10.0. The standard InChI is InChI=1S/C24H26N8O/c1-15-10-22(29-13-21(15)31-8-6-17(26)7-9-31)30-23-11-20-19(12-28-23)27-14-24(33)32(20)18-4-2-16(25)3-5-18/h2-5,10-14,17H,6-9,25-26H2,1H3,(H,28,29,30). The van der Waals surface area contributed by atoms with Crippen molar-refractivity contribution in [3.8, 4) is 5.69 Å². The molecule has 168 valence electrons. The van der Waals surface area contributed by atoms with Gasteiger partial charge in [-0.05, 0) is 55.7 Å². The van der Waals surface area contributed by atoms with E-state index in [1.807, 2.05) is 12.3 Å². The highest BCUT2D eigenvalue weighted by atomic mass is 16.1. The highest BCUT2D eigenvalue weighted by molar-refractivity contribution is 5.79. The van der Waals surface area contributed by atoms with Crippen LogP contribution in [0.4, 0.5) is 23.0 Å². The number of piperidine rings is 1. The molecule has 5 N–H and O–H groups in total. The number of aromatic nitrogens is 4. The molecule has 1 fully saturated rings. The number of hydrogen-bond acceptors (Lipinski definition) is 8. The molecule has 0 aliphatic carbocycles. The number of benzene rings is 1. The molecule has 1 saturated heterocycles. The van der Waals surface area contributed by atoms with Gasteiger partial charge >= 0.3 is 0 Å². The van der Waals surface area contributed by atoms with Crippen LogP contribution in [0.1, 0.15) is 18.4 Å². The number of pyridine rings is 2. The van der Waals surface area contributed by atoms with Crippen LogP contribution in [0.25, 0.3) is 16.7 Å². The second-order valence-corrected chi connectivity index (χ2v) is 8.39. The Labute approximate surface area is 191 Å². The average Bonchev–Trinajstić information content (AvgIpc) is 2.81. The molecule has 0 unspecified atom stereocenters. The van der Waals surface area contributed by atoms with Crippen LogP contribution in [0.5, 0.6) is 0 Å². The molecule has 1 aliphatic rings. The summed E-state index contributed by atoms with van der Waals surface area (Å²) in [5, 5.41) is 3.26. The maximum Gasteiger partial charge on any atom is 0.274 e. The van der Waals surface area contributed by atoms with E-state index in [0.29, 0.717) is 34.0 Å². The summed E-state index contributed by atoms with van der Waals surface area (Å²) in [6, 6.07) is 11.2. The van der Waals surface area contributed by atoms with Crippen LogP contribution in [-0.2, 0) is 0 Å². The molecule has 1 aromatic carbocycles. The molecule has 0 bridgehead atoms. The second kappa shape index (κ2) is 8.51. The quantitative estimate of drug-likeness (QED) is 0.412. The van der Waals surface area contributed by atoms with Gasteiger partial charge < -0.3 is 21.7 Å². The van der Waals surface area contributed by atoms with Gasteiger partial charge in [-0.2, -0.15) is 0 Å². The van der Waals surface area contributed by atoms with Crippen molar-refractivity contribution in [2.45, 2.75) is 25.8 Å². The third-order valence-electron chi connectivity index (χ3n) is 6.01. The number of rotatable bonds is 4. The van der Waals surface area contributed by atoms with Gasteiger partial charge in [0.05, 0.1) is 29.8 Å². The summed E-state index contributed by atoms with van der Waals surface area (Å²) in [4.78, 5) is 28.3. The Hall–Kier alpha value is -3.98.